The van der Waals surface area contributed by atoms with Crippen LogP contribution in [0, 0.1) is 19.7 Å². The summed E-state index contributed by atoms with van der Waals surface area (Å²) < 4.78 is 12.9. The Kier molecular flexibility index (Phi) is 5.36. The molecule has 0 aliphatic rings. The van der Waals surface area contributed by atoms with Gasteiger partial charge in [0.25, 0.3) is 5.91 Å². The lowest BCUT2D eigenvalue weighted by Crippen LogP contribution is -2.35. The van der Waals surface area contributed by atoms with Crippen molar-refractivity contribution in [1.82, 2.24) is 9.88 Å². The van der Waals surface area contributed by atoms with E-state index in [0.29, 0.717) is 28.2 Å². The molecule has 1 aromatic carbocycles. The molecular formula is C18H20FN3O3. The van der Waals surface area contributed by atoms with Crippen LogP contribution in [0.3, 0.4) is 0 Å². The van der Waals surface area contributed by atoms with E-state index in [-0.39, 0.29) is 18.2 Å². The van der Waals surface area contributed by atoms with Crippen molar-refractivity contribution in [3.63, 3.8) is 0 Å². The zero-order valence-corrected chi connectivity index (χ0v) is 14.6. The van der Waals surface area contributed by atoms with Crippen LogP contribution in [-0.4, -0.2) is 41.1 Å². The number of Topliss-reactive ketones (excluding diaryl/α,β-unsaturated/α-hetero) is 1. The van der Waals surface area contributed by atoms with Gasteiger partial charge in [-0.3, -0.25) is 14.4 Å². The van der Waals surface area contributed by atoms with Crippen molar-refractivity contribution in [3.05, 3.63) is 52.6 Å². The summed E-state index contributed by atoms with van der Waals surface area (Å²) in [6, 6.07) is 5.34. The van der Waals surface area contributed by atoms with Crippen LogP contribution >= 0.6 is 0 Å². The van der Waals surface area contributed by atoms with E-state index in [1.54, 1.807) is 13.8 Å². The minimum atomic E-state index is -0.407. The second kappa shape index (κ2) is 7.29. The van der Waals surface area contributed by atoms with Crippen molar-refractivity contribution >= 4 is 23.3 Å². The number of likely N-dealkylation sites (N-methyl/N-ethyl adjacent to an activating group) is 1. The number of benzene rings is 1. The largest absolute Gasteiger partial charge is 0.354 e. The second-order valence-corrected chi connectivity index (χ2v) is 5.90. The van der Waals surface area contributed by atoms with Crippen LogP contribution in [0.4, 0.5) is 10.1 Å². The average Bonchev–Trinajstić information content (AvgIpc) is 2.83. The Hall–Kier alpha value is -2.96. The molecule has 0 aliphatic carbocycles. The van der Waals surface area contributed by atoms with E-state index in [2.05, 4.69) is 10.3 Å². The van der Waals surface area contributed by atoms with E-state index in [1.807, 2.05) is 0 Å². The smallest absolute Gasteiger partial charge is 0.270 e. The molecule has 1 heterocycles. The van der Waals surface area contributed by atoms with Gasteiger partial charge in [-0.15, -0.1) is 0 Å². The number of carbonyl (C=O) groups is 3. The molecule has 0 saturated carbocycles. The molecule has 0 saturated heterocycles. The Labute approximate surface area is 145 Å². The Morgan fingerprint density at radius 3 is 2.28 bits per heavy atom. The average molecular weight is 345 g/mol. The van der Waals surface area contributed by atoms with Gasteiger partial charge in [0.2, 0.25) is 5.91 Å². The third-order valence-electron chi connectivity index (χ3n) is 3.86. The summed E-state index contributed by atoms with van der Waals surface area (Å²) in [7, 11) is 1.50. The van der Waals surface area contributed by atoms with Gasteiger partial charge in [-0.1, -0.05) is 0 Å². The summed E-state index contributed by atoms with van der Waals surface area (Å²) in [5.41, 5.74) is 2.42. The molecule has 2 aromatic rings. The number of ketones is 1. The second-order valence-electron chi connectivity index (χ2n) is 5.90. The number of aromatic amines is 1. The number of amides is 2. The van der Waals surface area contributed by atoms with Gasteiger partial charge in [0, 0.05) is 24.0 Å². The highest BCUT2D eigenvalue weighted by molar-refractivity contribution is 6.03. The molecule has 0 unspecified atom stereocenters. The first-order chi connectivity index (χ1) is 11.7. The van der Waals surface area contributed by atoms with Crippen molar-refractivity contribution in [2.75, 3.05) is 18.9 Å². The van der Waals surface area contributed by atoms with Crippen LogP contribution in [0.2, 0.25) is 0 Å². The highest BCUT2D eigenvalue weighted by atomic mass is 19.1. The molecule has 6 nitrogen and oxygen atoms in total. The maximum Gasteiger partial charge on any atom is 0.270 e. The van der Waals surface area contributed by atoms with Gasteiger partial charge in [-0.25, -0.2) is 4.39 Å². The number of hydrogen-bond acceptors (Lipinski definition) is 3. The Bertz CT molecular complexity index is 825. The van der Waals surface area contributed by atoms with Crippen LogP contribution in [-0.2, 0) is 4.79 Å². The Morgan fingerprint density at radius 2 is 1.76 bits per heavy atom. The summed E-state index contributed by atoms with van der Waals surface area (Å²) in [4.78, 5) is 40.4. The van der Waals surface area contributed by atoms with E-state index in [0.717, 1.165) is 0 Å². The molecule has 1 aromatic heterocycles. The van der Waals surface area contributed by atoms with Crippen molar-refractivity contribution in [1.29, 1.82) is 0 Å². The van der Waals surface area contributed by atoms with Crippen LogP contribution < -0.4 is 5.32 Å². The maximum atomic E-state index is 12.9. The number of carbonyl (C=O) groups excluding carboxylic acids is 3. The highest BCUT2D eigenvalue weighted by Crippen LogP contribution is 2.19. The van der Waals surface area contributed by atoms with Crippen molar-refractivity contribution in [2.24, 2.45) is 0 Å². The number of H-pyrrole nitrogens is 1. The molecule has 0 aliphatic heterocycles. The highest BCUT2D eigenvalue weighted by Gasteiger charge is 2.23. The summed E-state index contributed by atoms with van der Waals surface area (Å²) in [6.45, 7) is 4.68. The van der Waals surface area contributed by atoms with Gasteiger partial charge in [0.05, 0.1) is 6.54 Å². The Morgan fingerprint density at radius 1 is 1.16 bits per heavy atom. The van der Waals surface area contributed by atoms with Gasteiger partial charge in [0.1, 0.15) is 11.5 Å². The molecule has 2 N–H and O–H groups in total. The van der Waals surface area contributed by atoms with E-state index in [4.69, 9.17) is 0 Å². The third-order valence-corrected chi connectivity index (χ3v) is 3.86. The van der Waals surface area contributed by atoms with Crippen LogP contribution in [0.25, 0.3) is 0 Å². The fourth-order valence-electron chi connectivity index (χ4n) is 2.70. The summed E-state index contributed by atoms with van der Waals surface area (Å²) in [5.74, 6) is -1.32. The molecule has 0 fully saturated rings. The van der Waals surface area contributed by atoms with Crippen molar-refractivity contribution in [2.45, 2.75) is 20.8 Å². The first-order valence-electron chi connectivity index (χ1n) is 7.71. The van der Waals surface area contributed by atoms with E-state index >= 15 is 0 Å². The molecule has 7 heteroatoms. The number of halogens is 1. The predicted molar refractivity (Wildman–Crippen MR) is 92.3 cm³/mol. The molecule has 0 bridgehead atoms. The first kappa shape index (κ1) is 18.4. The molecule has 2 rings (SSSR count). The van der Waals surface area contributed by atoms with Gasteiger partial charge >= 0.3 is 0 Å². The zero-order valence-electron chi connectivity index (χ0n) is 14.6. The molecule has 0 atom stereocenters. The molecule has 132 valence electrons. The number of aryl methyl sites for hydroxylation is 1. The molecule has 25 heavy (non-hydrogen) atoms. The fraction of sp³-hybridized carbons (Fsp3) is 0.278. The molecule has 2 amide bonds. The zero-order chi connectivity index (χ0) is 18.7. The summed E-state index contributed by atoms with van der Waals surface area (Å²) in [5, 5.41) is 2.59. The summed E-state index contributed by atoms with van der Waals surface area (Å²) >= 11 is 0. The molecular weight excluding hydrogens is 325 g/mol. The van der Waals surface area contributed by atoms with Crippen molar-refractivity contribution in [3.8, 4) is 0 Å². The summed E-state index contributed by atoms with van der Waals surface area (Å²) in [6.07, 6.45) is 0. The van der Waals surface area contributed by atoms with Crippen LogP contribution in [0.1, 0.15) is 39.0 Å². The SMILES string of the molecule is CC(=O)c1c(C)[nH]c(C(=O)N(C)CC(=O)Nc2ccc(F)cc2)c1C. The monoisotopic (exact) mass is 345 g/mol. The molecule has 0 spiro atoms. The number of nitrogens with one attached hydrogen (secondary N) is 2. The quantitative estimate of drug-likeness (QED) is 0.818. The minimum Gasteiger partial charge on any atom is -0.354 e. The standard InChI is InChI=1S/C18H20FN3O3/c1-10-16(12(3)23)11(2)20-17(10)18(25)22(4)9-15(24)21-14-7-5-13(19)6-8-14/h5-8,20H,9H2,1-4H3,(H,21,24). The van der Waals surface area contributed by atoms with E-state index in [1.165, 1.54) is 43.1 Å². The van der Waals surface area contributed by atoms with Gasteiger partial charge < -0.3 is 15.2 Å². The minimum absolute atomic E-state index is 0.123. The van der Waals surface area contributed by atoms with Crippen molar-refractivity contribution < 1.29 is 18.8 Å². The Balaban J connectivity index is 2.07. The lowest BCUT2D eigenvalue weighted by molar-refractivity contribution is -0.116. The number of anilines is 1. The lowest BCUT2D eigenvalue weighted by atomic mass is 10.1. The maximum absolute atomic E-state index is 12.9. The van der Waals surface area contributed by atoms with Gasteiger partial charge in [-0.05, 0) is 50.6 Å². The number of rotatable bonds is 5. The number of aromatic nitrogens is 1. The topological polar surface area (TPSA) is 82.3 Å². The predicted octanol–water partition coefficient (Wildman–Crippen LogP) is 2.68. The first-order valence-corrected chi connectivity index (χ1v) is 7.71. The third kappa shape index (κ3) is 4.12. The van der Waals surface area contributed by atoms with Crippen LogP contribution in [0.5, 0.6) is 0 Å². The van der Waals surface area contributed by atoms with Gasteiger partial charge in [0.15, 0.2) is 5.78 Å². The fourth-order valence-corrected chi connectivity index (χ4v) is 2.70. The lowest BCUT2D eigenvalue weighted by Gasteiger charge is -2.16. The number of nitrogens with zero attached hydrogens (tertiary/aromatic N) is 1. The van der Waals surface area contributed by atoms with Gasteiger partial charge in [-0.2, -0.15) is 0 Å². The number of hydrogen-bond donors (Lipinski definition) is 2. The van der Waals surface area contributed by atoms with E-state index in [9.17, 15) is 18.8 Å². The molecule has 0 radical (unpaired) electrons. The van der Waals surface area contributed by atoms with E-state index < -0.39 is 11.7 Å². The van der Waals surface area contributed by atoms with Crippen LogP contribution in [0.15, 0.2) is 24.3 Å². The normalized spacial score (nSPS) is 10.4.